The molecule has 0 aliphatic carbocycles. The van der Waals surface area contributed by atoms with E-state index in [2.05, 4.69) is 56.6 Å². The van der Waals surface area contributed by atoms with Crippen molar-refractivity contribution >= 4 is 16.9 Å². The maximum absolute atomic E-state index is 4.49. The summed E-state index contributed by atoms with van der Waals surface area (Å²) < 4.78 is 1.90. The van der Waals surface area contributed by atoms with Gasteiger partial charge in [-0.3, -0.25) is 4.98 Å². The number of hydrogen-bond donors (Lipinski definition) is 1. The molecule has 0 saturated carbocycles. The van der Waals surface area contributed by atoms with E-state index in [1.54, 1.807) is 12.5 Å². The molecule has 6 nitrogen and oxygen atoms in total. The van der Waals surface area contributed by atoms with Crippen molar-refractivity contribution in [3.8, 4) is 0 Å². The summed E-state index contributed by atoms with van der Waals surface area (Å²) in [6.07, 6.45) is 6.99. The molecule has 0 fully saturated rings. The number of anilines is 1. The third-order valence-electron chi connectivity index (χ3n) is 4.07. The Labute approximate surface area is 145 Å². The SMILES string of the molecule is Cc1ccc(Cn2ncc3c(NCc4cccnc4)ncnc32)cc1. The molecule has 1 aromatic carbocycles. The van der Waals surface area contributed by atoms with E-state index in [0.29, 0.717) is 13.1 Å². The highest BCUT2D eigenvalue weighted by molar-refractivity contribution is 5.86. The molecule has 124 valence electrons. The lowest BCUT2D eigenvalue weighted by Crippen LogP contribution is -2.05. The molecule has 6 heteroatoms. The number of nitrogens with zero attached hydrogens (tertiary/aromatic N) is 5. The lowest BCUT2D eigenvalue weighted by atomic mass is 10.1. The third-order valence-corrected chi connectivity index (χ3v) is 4.07. The van der Waals surface area contributed by atoms with E-state index < -0.39 is 0 Å². The van der Waals surface area contributed by atoms with Crippen molar-refractivity contribution in [3.05, 3.63) is 78.0 Å². The van der Waals surface area contributed by atoms with Crippen molar-refractivity contribution in [2.45, 2.75) is 20.0 Å². The minimum Gasteiger partial charge on any atom is -0.365 e. The van der Waals surface area contributed by atoms with Crippen LogP contribution in [0, 0.1) is 6.92 Å². The average molecular weight is 330 g/mol. The molecule has 0 unspecified atom stereocenters. The number of rotatable bonds is 5. The molecule has 3 aromatic heterocycles. The Morgan fingerprint density at radius 3 is 2.68 bits per heavy atom. The molecular weight excluding hydrogens is 312 g/mol. The van der Waals surface area contributed by atoms with Gasteiger partial charge in [0.05, 0.1) is 18.1 Å². The summed E-state index contributed by atoms with van der Waals surface area (Å²) in [5.41, 5.74) is 4.36. The third kappa shape index (κ3) is 3.33. The number of aryl methyl sites for hydroxylation is 1. The summed E-state index contributed by atoms with van der Waals surface area (Å²) in [5, 5.41) is 8.75. The largest absolute Gasteiger partial charge is 0.365 e. The van der Waals surface area contributed by atoms with Crippen molar-refractivity contribution in [3.63, 3.8) is 0 Å². The minimum atomic E-state index is 0.656. The van der Waals surface area contributed by atoms with Crippen LogP contribution in [0.1, 0.15) is 16.7 Å². The van der Waals surface area contributed by atoms with Crippen LogP contribution in [0.4, 0.5) is 5.82 Å². The van der Waals surface area contributed by atoms with Gasteiger partial charge in [-0.05, 0) is 24.1 Å². The van der Waals surface area contributed by atoms with E-state index in [4.69, 9.17) is 0 Å². The molecule has 0 atom stereocenters. The number of benzene rings is 1. The van der Waals surface area contributed by atoms with Crippen molar-refractivity contribution in [1.82, 2.24) is 24.7 Å². The van der Waals surface area contributed by atoms with Gasteiger partial charge in [-0.25, -0.2) is 14.6 Å². The van der Waals surface area contributed by atoms with Crippen LogP contribution in [0.3, 0.4) is 0 Å². The fourth-order valence-corrected chi connectivity index (χ4v) is 2.70. The summed E-state index contributed by atoms with van der Waals surface area (Å²) in [7, 11) is 0. The van der Waals surface area contributed by atoms with Crippen molar-refractivity contribution < 1.29 is 0 Å². The first-order valence-electron chi connectivity index (χ1n) is 8.14. The predicted molar refractivity (Wildman–Crippen MR) is 97.2 cm³/mol. The van der Waals surface area contributed by atoms with Gasteiger partial charge in [-0.15, -0.1) is 0 Å². The Kier molecular flexibility index (Phi) is 4.08. The van der Waals surface area contributed by atoms with Gasteiger partial charge in [-0.1, -0.05) is 35.9 Å². The van der Waals surface area contributed by atoms with Crippen LogP contribution in [0.5, 0.6) is 0 Å². The number of aromatic nitrogens is 5. The Morgan fingerprint density at radius 1 is 1.00 bits per heavy atom. The van der Waals surface area contributed by atoms with E-state index in [0.717, 1.165) is 22.4 Å². The maximum atomic E-state index is 4.49. The first-order valence-corrected chi connectivity index (χ1v) is 8.14. The second-order valence-electron chi connectivity index (χ2n) is 5.96. The standard InChI is InChI=1S/C19H18N6/c1-14-4-6-15(7-5-14)12-25-19-17(11-24-25)18(22-13-23-19)21-10-16-3-2-8-20-9-16/h2-9,11,13H,10,12H2,1H3,(H,21,22,23). The zero-order valence-electron chi connectivity index (χ0n) is 13.9. The molecule has 0 aliphatic rings. The second-order valence-corrected chi connectivity index (χ2v) is 5.96. The van der Waals surface area contributed by atoms with Crippen LogP contribution < -0.4 is 5.32 Å². The number of pyridine rings is 1. The second kappa shape index (κ2) is 6.68. The zero-order valence-corrected chi connectivity index (χ0v) is 13.9. The van der Waals surface area contributed by atoms with E-state index >= 15 is 0 Å². The molecule has 4 rings (SSSR count). The lowest BCUT2D eigenvalue weighted by molar-refractivity contribution is 0.703. The molecule has 0 radical (unpaired) electrons. The smallest absolute Gasteiger partial charge is 0.163 e. The normalized spacial score (nSPS) is 10.9. The number of nitrogens with one attached hydrogen (secondary N) is 1. The van der Waals surface area contributed by atoms with E-state index in [1.165, 1.54) is 11.1 Å². The van der Waals surface area contributed by atoms with Crippen LogP contribution >= 0.6 is 0 Å². The van der Waals surface area contributed by atoms with Crippen molar-refractivity contribution in [1.29, 1.82) is 0 Å². The van der Waals surface area contributed by atoms with Crippen molar-refractivity contribution in [2.75, 3.05) is 5.32 Å². The zero-order chi connectivity index (χ0) is 17.1. The van der Waals surface area contributed by atoms with Gasteiger partial charge in [-0.2, -0.15) is 5.10 Å². The van der Waals surface area contributed by atoms with Crippen LogP contribution in [0.25, 0.3) is 11.0 Å². The van der Waals surface area contributed by atoms with Crippen LogP contribution in [-0.4, -0.2) is 24.7 Å². The van der Waals surface area contributed by atoms with Gasteiger partial charge < -0.3 is 5.32 Å². The fraction of sp³-hybridized carbons (Fsp3) is 0.158. The van der Waals surface area contributed by atoms with Gasteiger partial charge in [0.15, 0.2) is 5.65 Å². The van der Waals surface area contributed by atoms with Gasteiger partial charge >= 0.3 is 0 Å². The summed E-state index contributed by atoms with van der Waals surface area (Å²) in [5.74, 6) is 0.781. The Hall–Kier alpha value is -3.28. The molecular formula is C19H18N6. The maximum Gasteiger partial charge on any atom is 0.163 e. The molecule has 0 spiro atoms. The molecule has 3 heterocycles. The van der Waals surface area contributed by atoms with Gasteiger partial charge in [0, 0.05) is 18.9 Å². The average Bonchev–Trinajstić information content (AvgIpc) is 3.06. The van der Waals surface area contributed by atoms with Gasteiger partial charge in [0.1, 0.15) is 12.1 Å². The molecule has 0 aliphatic heterocycles. The van der Waals surface area contributed by atoms with Crippen LogP contribution in [0.2, 0.25) is 0 Å². The fourth-order valence-electron chi connectivity index (χ4n) is 2.70. The Balaban J connectivity index is 1.58. The monoisotopic (exact) mass is 330 g/mol. The lowest BCUT2D eigenvalue weighted by Gasteiger charge is -2.07. The quantitative estimate of drug-likeness (QED) is 0.608. The summed E-state index contributed by atoms with van der Waals surface area (Å²) in [6, 6.07) is 12.4. The van der Waals surface area contributed by atoms with Crippen LogP contribution in [-0.2, 0) is 13.1 Å². The van der Waals surface area contributed by atoms with Gasteiger partial charge in [0.2, 0.25) is 0 Å². The van der Waals surface area contributed by atoms with E-state index in [-0.39, 0.29) is 0 Å². The Bertz CT molecular complexity index is 976. The minimum absolute atomic E-state index is 0.656. The highest BCUT2D eigenvalue weighted by atomic mass is 15.3. The molecule has 25 heavy (non-hydrogen) atoms. The molecule has 0 saturated heterocycles. The summed E-state index contributed by atoms with van der Waals surface area (Å²) in [4.78, 5) is 12.9. The number of hydrogen-bond acceptors (Lipinski definition) is 5. The highest BCUT2D eigenvalue weighted by Crippen LogP contribution is 2.20. The Morgan fingerprint density at radius 2 is 1.88 bits per heavy atom. The highest BCUT2D eigenvalue weighted by Gasteiger charge is 2.10. The van der Waals surface area contributed by atoms with Crippen molar-refractivity contribution in [2.24, 2.45) is 0 Å². The first kappa shape index (κ1) is 15.3. The first-order chi connectivity index (χ1) is 12.3. The summed E-state index contributed by atoms with van der Waals surface area (Å²) in [6.45, 7) is 3.42. The van der Waals surface area contributed by atoms with E-state index in [1.807, 2.05) is 29.2 Å². The molecule has 0 bridgehead atoms. The van der Waals surface area contributed by atoms with E-state index in [9.17, 15) is 0 Å². The molecule has 0 amide bonds. The predicted octanol–water partition coefficient (Wildman–Crippen LogP) is 3.19. The topological polar surface area (TPSA) is 68.5 Å². The molecule has 4 aromatic rings. The van der Waals surface area contributed by atoms with Crippen LogP contribution in [0.15, 0.2) is 61.3 Å². The number of fused-ring (bicyclic) bond motifs is 1. The van der Waals surface area contributed by atoms with Gasteiger partial charge in [0.25, 0.3) is 0 Å². The molecule has 1 N–H and O–H groups in total. The summed E-state index contributed by atoms with van der Waals surface area (Å²) >= 11 is 0.